The van der Waals surface area contributed by atoms with Gasteiger partial charge in [-0.3, -0.25) is 0 Å². The van der Waals surface area contributed by atoms with Crippen molar-refractivity contribution in [1.82, 2.24) is 10.2 Å². The zero-order chi connectivity index (χ0) is 13.0. The highest BCUT2D eigenvalue weighted by Gasteiger charge is 2.28. The average molecular weight is 246 g/mol. The fraction of sp³-hybridized carbons (Fsp3) is 0.800. The van der Waals surface area contributed by atoms with Gasteiger partial charge >= 0.3 is 12.0 Å². The van der Waals surface area contributed by atoms with Gasteiger partial charge in [0.05, 0.1) is 18.8 Å². The molecule has 1 rings (SSSR count). The van der Waals surface area contributed by atoms with E-state index < -0.39 is 24.6 Å². The van der Waals surface area contributed by atoms with Gasteiger partial charge in [0, 0.05) is 13.1 Å². The number of rotatable bonds is 3. The second kappa shape index (κ2) is 5.83. The van der Waals surface area contributed by atoms with Gasteiger partial charge in [-0.25, -0.2) is 9.59 Å². The van der Waals surface area contributed by atoms with Crippen LogP contribution in [-0.4, -0.2) is 65.1 Å². The van der Waals surface area contributed by atoms with Gasteiger partial charge in [0.2, 0.25) is 0 Å². The number of nitrogens with one attached hydrogen (secondary N) is 1. The van der Waals surface area contributed by atoms with Crippen molar-refractivity contribution in [1.29, 1.82) is 0 Å². The van der Waals surface area contributed by atoms with Gasteiger partial charge in [-0.2, -0.15) is 0 Å². The average Bonchev–Trinajstić information content (AvgIpc) is 2.23. The number of carboxylic acids is 1. The Balaban J connectivity index is 2.54. The van der Waals surface area contributed by atoms with Crippen LogP contribution in [0.2, 0.25) is 0 Å². The van der Waals surface area contributed by atoms with Crippen molar-refractivity contribution in [2.24, 2.45) is 0 Å². The van der Waals surface area contributed by atoms with Crippen molar-refractivity contribution in [2.45, 2.75) is 32.1 Å². The molecule has 1 aliphatic heterocycles. The van der Waals surface area contributed by atoms with Crippen molar-refractivity contribution >= 4 is 12.0 Å². The van der Waals surface area contributed by atoms with Crippen molar-refractivity contribution < 1.29 is 24.5 Å². The number of amides is 2. The van der Waals surface area contributed by atoms with Gasteiger partial charge in [0.15, 0.2) is 6.04 Å². The lowest BCUT2D eigenvalue weighted by Gasteiger charge is -2.35. The van der Waals surface area contributed by atoms with Crippen LogP contribution in [0.4, 0.5) is 4.79 Å². The Hall–Kier alpha value is -1.34. The molecule has 1 aliphatic rings. The Morgan fingerprint density at radius 1 is 1.41 bits per heavy atom. The van der Waals surface area contributed by atoms with Crippen LogP contribution >= 0.6 is 0 Å². The Bertz CT molecular complexity index is 286. The van der Waals surface area contributed by atoms with E-state index in [4.69, 9.17) is 14.9 Å². The fourth-order valence-corrected chi connectivity index (χ4v) is 1.77. The molecule has 0 unspecified atom stereocenters. The Kier molecular flexibility index (Phi) is 4.71. The van der Waals surface area contributed by atoms with Gasteiger partial charge in [0.25, 0.3) is 0 Å². The first-order valence-corrected chi connectivity index (χ1v) is 5.48. The molecule has 98 valence electrons. The predicted octanol–water partition coefficient (Wildman–Crippen LogP) is -0.749. The van der Waals surface area contributed by atoms with E-state index in [0.717, 1.165) is 0 Å². The predicted molar refractivity (Wildman–Crippen MR) is 58.6 cm³/mol. The molecule has 1 heterocycles. The van der Waals surface area contributed by atoms with Crippen LogP contribution in [0.5, 0.6) is 0 Å². The highest BCUT2D eigenvalue weighted by Crippen LogP contribution is 2.10. The Morgan fingerprint density at radius 3 is 2.35 bits per heavy atom. The summed E-state index contributed by atoms with van der Waals surface area (Å²) in [6.07, 6.45) is -0.163. The molecule has 7 heteroatoms. The second-order valence-electron chi connectivity index (χ2n) is 4.19. The first kappa shape index (κ1) is 13.7. The zero-order valence-corrected chi connectivity index (χ0v) is 9.92. The van der Waals surface area contributed by atoms with Crippen molar-refractivity contribution in [2.75, 3.05) is 19.7 Å². The van der Waals surface area contributed by atoms with E-state index in [0.29, 0.717) is 13.1 Å². The van der Waals surface area contributed by atoms with Crippen molar-refractivity contribution in [3.8, 4) is 0 Å². The summed E-state index contributed by atoms with van der Waals surface area (Å²) < 4.78 is 5.46. The molecule has 17 heavy (non-hydrogen) atoms. The van der Waals surface area contributed by atoms with Gasteiger partial charge < -0.3 is 25.2 Å². The molecule has 0 radical (unpaired) electrons. The number of hydrogen-bond acceptors (Lipinski definition) is 4. The maximum atomic E-state index is 11.7. The number of ether oxygens (including phenoxy) is 1. The number of carboxylic acid groups (broad SMARTS) is 1. The summed E-state index contributed by atoms with van der Waals surface area (Å²) in [4.78, 5) is 23.9. The molecule has 3 atom stereocenters. The molecule has 1 fully saturated rings. The van der Waals surface area contributed by atoms with E-state index >= 15 is 0 Å². The lowest BCUT2D eigenvalue weighted by atomic mass is 10.2. The zero-order valence-electron chi connectivity index (χ0n) is 9.92. The summed E-state index contributed by atoms with van der Waals surface area (Å²) in [7, 11) is 0. The lowest BCUT2D eigenvalue weighted by molar-refractivity contribution is -0.140. The molecule has 7 nitrogen and oxygen atoms in total. The molecule has 1 saturated heterocycles. The standard InChI is InChI=1S/C10H18N2O5/c1-6-3-12(4-7(2)17-6)10(16)11-8(5-13)9(14)15/h6-8,13H,3-5H2,1-2H3,(H,11,16)(H,14,15)/t6-,7+,8-/m1/s1. The van der Waals surface area contributed by atoms with E-state index in [1.807, 2.05) is 13.8 Å². The van der Waals surface area contributed by atoms with Crippen molar-refractivity contribution in [3.05, 3.63) is 0 Å². The highest BCUT2D eigenvalue weighted by atomic mass is 16.5. The molecule has 0 aromatic heterocycles. The number of aliphatic carboxylic acids is 1. The molecule has 2 amide bonds. The normalized spacial score (nSPS) is 26.4. The Morgan fingerprint density at radius 2 is 1.94 bits per heavy atom. The van der Waals surface area contributed by atoms with Crippen LogP contribution in [0.3, 0.4) is 0 Å². The Labute approximate surface area is 99.4 Å². The van der Waals surface area contributed by atoms with Crippen LogP contribution in [0.15, 0.2) is 0 Å². The van der Waals surface area contributed by atoms with Gasteiger partial charge in [-0.15, -0.1) is 0 Å². The summed E-state index contributed by atoms with van der Waals surface area (Å²) >= 11 is 0. The van der Waals surface area contributed by atoms with E-state index in [-0.39, 0.29) is 12.2 Å². The molecule has 0 bridgehead atoms. The number of aliphatic hydroxyl groups excluding tert-OH is 1. The molecule has 0 spiro atoms. The number of nitrogens with zero attached hydrogens (tertiary/aromatic N) is 1. The smallest absolute Gasteiger partial charge is 0.328 e. The van der Waals surface area contributed by atoms with Crippen LogP contribution in [-0.2, 0) is 9.53 Å². The summed E-state index contributed by atoms with van der Waals surface area (Å²) in [6, 6.07) is -1.76. The molecule has 0 aliphatic carbocycles. The summed E-state index contributed by atoms with van der Waals surface area (Å²) in [5, 5.41) is 19.8. The van der Waals surface area contributed by atoms with Crippen LogP contribution < -0.4 is 5.32 Å². The molecule has 0 saturated carbocycles. The highest BCUT2D eigenvalue weighted by molar-refractivity contribution is 5.82. The third-order valence-electron chi connectivity index (χ3n) is 2.49. The van der Waals surface area contributed by atoms with E-state index in [9.17, 15) is 9.59 Å². The minimum atomic E-state index is -1.27. The topological polar surface area (TPSA) is 99.1 Å². The molecule has 0 aromatic carbocycles. The third kappa shape index (κ3) is 3.86. The second-order valence-corrected chi connectivity index (χ2v) is 4.19. The van der Waals surface area contributed by atoms with E-state index in [2.05, 4.69) is 5.32 Å². The van der Waals surface area contributed by atoms with Gasteiger partial charge in [-0.05, 0) is 13.8 Å². The summed E-state index contributed by atoms with van der Waals surface area (Å²) in [6.45, 7) is 3.88. The number of hydrogen-bond donors (Lipinski definition) is 3. The SMILES string of the molecule is C[C@@H]1CN(C(=O)N[C@H](CO)C(=O)O)C[C@H](C)O1. The van der Waals surface area contributed by atoms with E-state index in [1.165, 1.54) is 4.90 Å². The summed E-state index contributed by atoms with van der Waals surface area (Å²) in [5.74, 6) is -1.25. The van der Waals surface area contributed by atoms with E-state index in [1.54, 1.807) is 0 Å². The number of aliphatic hydroxyl groups is 1. The number of urea groups is 1. The molecular formula is C10H18N2O5. The fourth-order valence-electron chi connectivity index (χ4n) is 1.77. The first-order chi connectivity index (χ1) is 7.93. The minimum Gasteiger partial charge on any atom is -0.480 e. The number of carbonyl (C=O) groups is 2. The molecule has 3 N–H and O–H groups in total. The van der Waals surface area contributed by atoms with Crippen molar-refractivity contribution in [3.63, 3.8) is 0 Å². The quantitative estimate of drug-likeness (QED) is 0.608. The first-order valence-electron chi connectivity index (χ1n) is 5.48. The maximum absolute atomic E-state index is 11.7. The summed E-state index contributed by atoms with van der Waals surface area (Å²) in [5.41, 5.74) is 0. The lowest BCUT2D eigenvalue weighted by Crippen LogP contribution is -2.55. The van der Waals surface area contributed by atoms with Gasteiger partial charge in [0.1, 0.15) is 0 Å². The molecular weight excluding hydrogens is 228 g/mol. The number of morpholine rings is 1. The minimum absolute atomic E-state index is 0.0816. The maximum Gasteiger partial charge on any atom is 0.328 e. The van der Waals surface area contributed by atoms with Crippen LogP contribution in [0, 0.1) is 0 Å². The molecule has 0 aromatic rings. The number of carbonyl (C=O) groups excluding carboxylic acids is 1. The third-order valence-corrected chi connectivity index (χ3v) is 2.49. The largest absolute Gasteiger partial charge is 0.480 e. The van der Waals surface area contributed by atoms with Crippen LogP contribution in [0.25, 0.3) is 0 Å². The van der Waals surface area contributed by atoms with Gasteiger partial charge in [-0.1, -0.05) is 0 Å². The monoisotopic (exact) mass is 246 g/mol. The van der Waals surface area contributed by atoms with Crippen LogP contribution in [0.1, 0.15) is 13.8 Å².